The number of benzene rings is 2. The third-order valence-electron chi connectivity index (χ3n) is 3.38. The third-order valence-corrected chi connectivity index (χ3v) is 4.58. The summed E-state index contributed by atoms with van der Waals surface area (Å²) in [5, 5.41) is 5.11. The van der Waals surface area contributed by atoms with Crippen LogP contribution in [0.3, 0.4) is 0 Å². The lowest BCUT2D eigenvalue weighted by Crippen LogP contribution is -2.19. The van der Waals surface area contributed by atoms with Crippen molar-refractivity contribution >= 4 is 34.8 Å². The summed E-state index contributed by atoms with van der Waals surface area (Å²) >= 11 is 18.4. The second-order valence-corrected chi connectivity index (χ2v) is 5.97. The molecule has 0 aliphatic heterocycles. The predicted octanol–water partition coefficient (Wildman–Crippen LogP) is 5.81. The van der Waals surface area contributed by atoms with Crippen LogP contribution in [0.2, 0.25) is 15.1 Å². The highest BCUT2D eigenvalue weighted by molar-refractivity contribution is 6.44. The first-order valence-electron chi connectivity index (χ1n) is 6.42. The Morgan fingerprint density at radius 2 is 1.65 bits per heavy atom. The predicted molar refractivity (Wildman–Crippen MR) is 87.9 cm³/mol. The van der Waals surface area contributed by atoms with Crippen LogP contribution in [0.5, 0.6) is 0 Å². The van der Waals surface area contributed by atoms with Gasteiger partial charge in [-0.25, -0.2) is 0 Å². The topological polar surface area (TPSA) is 12.0 Å². The van der Waals surface area contributed by atoms with E-state index in [0.717, 1.165) is 5.56 Å². The van der Waals surface area contributed by atoms with Crippen molar-refractivity contribution in [3.8, 4) is 0 Å². The molecule has 0 radical (unpaired) electrons. The fourth-order valence-corrected chi connectivity index (χ4v) is 2.85. The summed E-state index contributed by atoms with van der Waals surface area (Å²) in [5.74, 6) is 0. The smallest absolute Gasteiger partial charge is 0.0652 e. The van der Waals surface area contributed by atoms with Crippen LogP contribution in [-0.2, 0) is 6.54 Å². The van der Waals surface area contributed by atoms with E-state index < -0.39 is 0 Å². The van der Waals surface area contributed by atoms with E-state index in [1.54, 1.807) is 12.1 Å². The lowest BCUT2D eigenvalue weighted by atomic mass is 10.0. The van der Waals surface area contributed by atoms with E-state index in [1.165, 1.54) is 11.1 Å². The zero-order chi connectivity index (χ0) is 14.7. The van der Waals surface area contributed by atoms with Crippen molar-refractivity contribution in [3.63, 3.8) is 0 Å². The number of aryl methyl sites for hydroxylation is 1. The molecule has 2 aromatic carbocycles. The van der Waals surface area contributed by atoms with Gasteiger partial charge in [0.05, 0.1) is 10.0 Å². The van der Waals surface area contributed by atoms with Crippen LogP contribution in [0.4, 0.5) is 0 Å². The Balaban J connectivity index is 2.14. The molecule has 2 aromatic rings. The first-order valence-corrected chi connectivity index (χ1v) is 7.55. The molecule has 2 rings (SSSR count). The highest BCUT2D eigenvalue weighted by Gasteiger charge is 2.12. The Bertz CT molecular complexity index is 611. The monoisotopic (exact) mass is 327 g/mol. The van der Waals surface area contributed by atoms with Gasteiger partial charge in [0.15, 0.2) is 0 Å². The SMILES string of the molecule is Cc1ccccc1[C@H](C)NCc1c(Cl)ccc(Cl)c1Cl. The quantitative estimate of drug-likeness (QED) is 0.699. The number of hydrogen-bond acceptors (Lipinski definition) is 1. The van der Waals surface area contributed by atoms with Gasteiger partial charge in [0.2, 0.25) is 0 Å². The summed E-state index contributed by atoms with van der Waals surface area (Å²) in [5.41, 5.74) is 3.36. The maximum absolute atomic E-state index is 6.20. The fraction of sp³-hybridized carbons (Fsp3) is 0.250. The van der Waals surface area contributed by atoms with E-state index in [-0.39, 0.29) is 6.04 Å². The van der Waals surface area contributed by atoms with Gasteiger partial charge in [-0.05, 0) is 37.1 Å². The molecule has 0 spiro atoms. The molecule has 4 heteroatoms. The van der Waals surface area contributed by atoms with Gasteiger partial charge in [-0.3, -0.25) is 0 Å². The average molecular weight is 329 g/mol. The Morgan fingerprint density at radius 3 is 2.35 bits per heavy atom. The summed E-state index contributed by atoms with van der Waals surface area (Å²) < 4.78 is 0. The average Bonchev–Trinajstić information content (AvgIpc) is 2.43. The zero-order valence-electron chi connectivity index (χ0n) is 11.4. The van der Waals surface area contributed by atoms with Crippen LogP contribution in [0.1, 0.15) is 29.7 Å². The van der Waals surface area contributed by atoms with E-state index in [1.807, 2.05) is 12.1 Å². The van der Waals surface area contributed by atoms with E-state index >= 15 is 0 Å². The largest absolute Gasteiger partial charge is 0.306 e. The van der Waals surface area contributed by atoms with Gasteiger partial charge in [-0.2, -0.15) is 0 Å². The minimum atomic E-state index is 0.210. The number of hydrogen-bond donors (Lipinski definition) is 1. The second kappa shape index (κ2) is 6.82. The molecule has 0 unspecified atom stereocenters. The van der Waals surface area contributed by atoms with Gasteiger partial charge in [-0.1, -0.05) is 59.1 Å². The molecule has 0 amide bonds. The molecule has 0 saturated carbocycles. The molecule has 0 bridgehead atoms. The summed E-state index contributed by atoms with van der Waals surface area (Å²) in [6, 6.07) is 12.0. The lowest BCUT2D eigenvalue weighted by Gasteiger charge is -2.18. The third kappa shape index (κ3) is 3.48. The van der Waals surface area contributed by atoms with Gasteiger partial charge in [0, 0.05) is 23.2 Å². The highest BCUT2D eigenvalue weighted by Crippen LogP contribution is 2.31. The maximum Gasteiger partial charge on any atom is 0.0652 e. The lowest BCUT2D eigenvalue weighted by molar-refractivity contribution is 0.572. The van der Waals surface area contributed by atoms with Crippen molar-refractivity contribution in [3.05, 3.63) is 68.2 Å². The molecule has 106 valence electrons. The van der Waals surface area contributed by atoms with Crippen LogP contribution in [0, 0.1) is 6.92 Å². The molecule has 0 aliphatic rings. The standard InChI is InChI=1S/C16H16Cl3N/c1-10-5-3-4-6-12(10)11(2)20-9-13-14(17)7-8-15(18)16(13)19/h3-8,11,20H,9H2,1-2H3/t11-/m0/s1. The molecule has 0 heterocycles. The summed E-state index contributed by atoms with van der Waals surface area (Å²) in [6.07, 6.45) is 0. The van der Waals surface area contributed by atoms with Crippen molar-refractivity contribution < 1.29 is 0 Å². The van der Waals surface area contributed by atoms with Crippen molar-refractivity contribution in [2.24, 2.45) is 0 Å². The van der Waals surface area contributed by atoms with Crippen LogP contribution < -0.4 is 5.32 Å². The highest BCUT2D eigenvalue weighted by atomic mass is 35.5. The summed E-state index contributed by atoms with van der Waals surface area (Å²) in [6.45, 7) is 4.80. The summed E-state index contributed by atoms with van der Waals surface area (Å²) in [7, 11) is 0. The number of rotatable bonds is 4. The van der Waals surface area contributed by atoms with E-state index in [4.69, 9.17) is 34.8 Å². The van der Waals surface area contributed by atoms with Gasteiger partial charge >= 0.3 is 0 Å². The van der Waals surface area contributed by atoms with E-state index in [0.29, 0.717) is 21.6 Å². The molecular weight excluding hydrogens is 313 g/mol. The molecule has 0 aliphatic carbocycles. The molecular formula is C16H16Cl3N. The molecule has 1 atom stereocenters. The van der Waals surface area contributed by atoms with Gasteiger partial charge < -0.3 is 5.32 Å². The first kappa shape index (κ1) is 15.7. The van der Waals surface area contributed by atoms with Crippen LogP contribution in [0.15, 0.2) is 36.4 Å². The number of nitrogens with one attached hydrogen (secondary N) is 1. The fourth-order valence-electron chi connectivity index (χ4n) is 2.17. The van der Waals surface area contributed by atoms with Crippen LogP contribution >= 0.6 is 34.8 Å². The van der Waals surface area contributed by atoms with Crippen molar-refractivity contribution in [2.75, 3.05) is 0 Å². The molecule has 0 fully saturated rings. The van der Waals surface area contributed by atoms with Gasteiger partial charge in [-0.15, -0.1) is 0 Å². The second-order valence-electron chi connectivity index (χ2n) is 4.78. The Morgan fingerprint density at radius 1 is 1.00 bits per heavy atom. The minimum Gasteiger partial charge on any atom is -0.306 e. The molecule has 1 nitrogen and oxygen atoms in total. The van der Waals surface area contributed by atoms with Crippen molar-refractivity contribution in [1.82, 2.24) is 5.32 Å². The number of halogens is 3. The Kier molecular flexibility index (Phi) is 5.34. The van der Waals surface area contributed by atoms with Crippen molar-refractivity contribution in [2.45, 2.75) is 26.4 Å². The van der Waals surface area contributed by atoms with Gasteiger partial charge in [0.25, 0.3) is 0 Å². The Hall–Kier alpha value is -0.730. The maximum atomic E-state index is 6.20. The molecule has 1 N–H and O–H groups in total. The van der Waals surface area contributed by atoms with E-state index in [2.05, 4.69) is 31.3 Å². The first-order chi connectivity index (χ1) is 9.50. The zero-order valence-corrected chi connectivity index (χ0v) is 13.7. The van der Waals surface area contributed by atoms with E-state index in [9.17, 15) is 0 Å². The minimum absolute atomic E-state index is 0.210. The summed E-state index contributed by atoms with van der Waals surface area (Å²) in [4.78, 5) is 0. The molecule has 0 saturated heterocycles. The van der Waals surface area contributed by atoms with Crippen molar-refractivity contribution in [1.29, 1.82) is 0 Å². The molecule has 0 aromatic heterocycles. The van der Waals surface area contributed by atoms with Gasteiger partial charge in [0.1, 0.15) is 0 Å². The van der Waals surface area contributed by atoms with Crippen LogP contribution in [-0.4, -0.2) is 0 Å². The Labute approximate surface area is 134 Å². The van der Waals surface area contributed by atoms with Crippen LogP contribution in [0.25, 0.3) is 0 Å². The molecule has 20 heavy (non-hydrogen) atoms. The normalized spacial score (nSPS) is 12.4.